The number of amides is 1. The predicted molar refractivity (Wildman–Crippen MR) is 130 cm³/mol. The fraction of sp³-hybridized carbons (Fsp3) is 0.185. The van der Waals surface area contributed by atoms with Crippen molar-refractivity contribution in [2.24, 2.45) is 0 Å². The molecule has 1 atom stereocenters. The minimum absolute atomic E-state index is 0.122. The summed E-state index contributed by atoms with van der Waals surface area (Å²) in [5, 5.41) is 11.5. The number of Topliss-reactive ketones (excluding diaryl/α,β-unsaturated/α-hetero) is 1. The second-order valence-corrected chi connectivity index (χ2v) is 8.62. The number of ether oxygens (including phenoxy) is 1. The average molecular weight is 516 g/mol. The first-order chi connectivity index (χ1) is 17.0. The molecule has 3 aromatic carbocycles. The number of hydrogen-bond donors (Lipinski definition) is 1. The first-order valence-electron chi connectivity index (χ1n) is 11.0. The third-order valence-corrected chi connectivity index (χ3v) is 6.07. The van der Waals surface area contributed by atoms with Crippen LogP contribution in [0.25, 0.3) is 5.76 Å². The third kappa shape index (κ3) is 4.68. The minimum atomic E-state index is -4.65. The molecule has 0 aromatic heterocycles. The maximum absolute atomic E-state index is 13.4. The van der Waals surface area contributed by atoms with Crippen molar-refractivity contribution in [3.63, 3.8) is 0 Å². The van der Waals surface area contributed by atoms with Crippen LogP contribution in [0.5, 0.6) is 5.75 Å². The van der Waals surface area contributed by atoms with Crippen LogP contribution in [-0.4, -0.2) is 23.4 Å². The summed E-state index contributed by atoms with van der Waals surface area (Å²) in [6.07, 6.45) is -4.65. The van der Waals surface area contributed by atoms with Gasteiger partial charge in [0.25, 0.3) is 11.7 Å². The van der Waals surface area contributed by atoms with Crippen LogP contribution in [0.4, 0.5) is 18.9 Å². The predicted octanol–water partition coefficient (Wildman–Crippen LogP) is 6.69. The summed E-state index contributed by atoms with van der Waals surface area (Å²) in [6.45, 7) is 3.85. The highest BCUT2D eigenvalue weighted by Crippen LogP contribution is 2.44. The number of halogens is 4. The fourth-order valence-corrected chi connectivity index (χ4v) is 4.33. The van der Waals surface area contributed by atoms with E-state index in [9.17, 15) is 27.9 Å². The van der Waals surface area contributed by atoms with Crippen LogP contribution in [-0.2, 0) is 15.8 Å². The molecule has 0 radical (unpaired) electrons. The van der Waals surface area contributed by atoms with Gasteiger partial charge >= 0.3 is 6.18 Å². The summed E-state index contributed by atoms with van der Waals surface area (Å²) >= 11 is 6.14. The molecule has 1 heterocycles. The fourth-order valence-electron chi connectivity index (χ4n) is 4.16. The molecule has 186 valence electrons. The third-order valence-electron chi connectivity index (χ3n) is 5.76. The Bertz CT molecular complexity index is 1380. The maximum atomic E-state index is 13.4. The Morgan fingerprint density at radius 2 is 1.78 bits per heavy atom. The summed E-state index contributed by atoms with van der Waals surface area (Å²) in [5.41, 5.74) is 0.0716. The molecular formula is C27H21ClF3NO4. The Morgan fingerprint density at radius 3 is 2.44 bits per heavy atom. The molecule has 1 aliphatic rings. The monoisotopic (exact) mass is 515 g/mol. The van der Waals surface area contributed by atoms with E-state index >= 15 is 0 Å². The highest BCUT2D eigenvalue weighted by Gasteiger charge is 2.47. The highest BCUT2D eigenvalue weighted by molar-refractivity contribution is 6.51. The maximum Gasteiger partial charge on any atom is 0.416 e. The first-order valence-corrected chi connectivity index (χ1v) is 11.4. The van der Waals surface area contributed by atoms with E-state index in [4.69, 9.17) is 16.3 Å². The van der Waals surface area contributed by atoms with Gasteiger partial charge in [-0.3, -0.25) is 14.5 Å². The van der Waals surface area contributed by atoms with Crippen molar-refractivity contribution in [3.8, 4) is 5.75 Å². The number of anilines is 1. The number of carbonyl (C=O) groups excluding carboxylic acids is 2. The van der Waals surface area contributed by atoms with Crippen molar-refractivity contribution >= 4 is 34.7 Å². The van der Waals surface area contributed by atoms with Gasteiger partial charge in [-0.05, 0) is 55.8 Å². The normalized spacial score (nSPS) is 17.5. The number of aryl methyl sites for hydroxylation is 1. The van der Waals surface area contributed by atoms with E-state index in [1.54, 1.807) is 38.1 Å². The average Bonchev–Trinajstić information content (AvgIpc) is 3.10. The van der Waals surface area contributed by atoms with Crippen molar-refractivity contribution in [1.82, 2.24) is 0 Å². The van der Waals surface area contributed by atoms with E-state index < -0.39 is 35.2 Å². The number of nitrogens with zero attached hydrogens (tertiary/aromatic N) is 1. The molecule has 1 unspecified atom stereocenters. The molecule has 1 N–H and O–H groups in total. The van der Waals surface area contributed by atoms with E-state index in [1.165, 1.54) is 30.3 Å². The van der Waals surface area contributed by atoms with Gasteiger partial charge in [0.15, 0.2) is 0 Å². The molecule has 9 heteroatoms. The Kier molecular flexibility index (Phi) is 6.82. The van der Waals surface area contributed by atoms with Crippen LogP contribution < -0.4 is 9.64 Å². The van der Waals surface area contributed by atoms with Crippen LogP contribution in [0.15, 0.2) is 72.3 Å². The zero-order chi connectivity index (χ0) is 26.2. The van der Waals surface area contributed by atoms with Crippen molar-refractivity contribution in [3.05, 3.63) is 99.6 Å². The van der Waals surface area contributed by atoms with Crippen molar-refractivity contribution < 1.29 is 32.6 Å². The van der Waals surface area contributed by atoms with Crippen LogP contribution >= 0.6 is 11.6 Å². The Labute approximate surface area is 210 Å². The lowest BCUT2D eigenvalue weighted by molar-refractivity contribution is -0.137. The number of ketones is 1. The van der Waals surface area contributed by atoms with Crippen LogP contribution in [0.1, 0.15) is 35.2 Å². The summed E-state index contributed by atoms with van der Waals surface area (Å²) in [7, 11) is 0. The lowest BCUT2D eigenvalue weighted by atomic mass is 9.94. The quantitative estimate of drug-likeness (QED) is 0.233. The van der Waals surface area contributed by atoms with E-state index in [2.05, 4.69) is 0 Å². The summed E-state index contributed by atoms with van der Waals surface area (Å²) in [4.78, 5) is 27.4. The van der Waals surface area contributed by atoms with Gasteiger partial charge in [-0.2, -0.15) is 13.2 Å². The van der Waals surface area contributed by atoms with E-state index in [0.29, 0.717) is 12.2 Å². The second kappa shape index (κ2) is 9.70. The molecule has 4 rings (SSSR count). The lowest BCUT2D eigenvalue weighted by Gasteiger charge is -2.26. The lowest BCUT2D eigenvalue weighted by Crippen LogP contribution is -2.29. The number of aliphatic hydroxyl groups is 1. The molecule has 0 aliphatic carbocycles. The Hall–Kier alpha value is -3.78. The van der Waals surface area contributed by atoms with Crippen molar-refractivity contribution in [1.29, 1.82) is 0 Å². The molecule has 0 spiro atoms. The molecule has 3 aromatic rings. The molecule has 1 fully saturated rings. The molecule has 1 saturated heterocycles. The largest absolute Gasteiger partial charge is 0.507 e. The van der Waals surface area contributed by atoms with Gasteiger partial charge in [0.05, 0.1) is 28.8 Å². The summed E-state index contributed by atoms with van der Waals surface area (Å²) in [6, 6.07) is 14.2. The Morgan fingerprint density at radius 1 is 1.06 bits per heavy atom. The number of alkyl halides is 3. The van der Waals surface area contributed by atoms with Crippen molar-refractivity contribution in [2.45, 2.75) is 26.1 Å². The van der Waals surface area contributed by atoms with E-state index in [0.717, 1.165) is 22.6 Å². The summed E-state index contributed by atoms with van der Waals surface area (Å²) in [5.74, 6) is -2.31. The standard InChI is InChI=1S/C27H21ClF3NO4/c1-3-36-21-13-17(10-11-20(21)28)24(33)22-23(16-7-4-6-15(2)12-16)32(26(35)25(22)34)19-9-5-8-18(14-19)27(29,30)31/h4-14,23,33H,3H2,1-2H3/b24-22+. The number of hydrogen-bond acceptors (Lipinski definition) is 4. The first kappa shape index (κ1) is 25.3. The van der Waals surface area contributed by atoms with Gasteiger partial charge in [0.1, 0.15) is 11.5 Å². The molecule has 0 saturated carbocycles. The van der Waals surface area contributed by atoms with Gasteiger partial charge in [-0.25, -0.2) is 0 Å². The molecular weight excluding hydrogens is 495 g/mol. The van der Waals surface area contributed by atoms with Crippen LogP contribution in [0, 0.1) is 6.92 Å². The molecule has 36 heavy (non-hydrogen) atoms. The van der Waals surface area contributed by atoms with Gasteiger partial charge in [-0.1, -0.05) is 47.5 Å². The smallest absolute Gasteiger partial charge is 0.416 e. The van der Waals surface area contributed by atoms with E-state index in [-0.39, 0.29) is 27.6 Å². The number of benzene rings is 3. The zero-order valence-corrected chi connectivity index (χ0v) is 20.0. The Balaban J connectivity index is 1.95. The summed E-state index contributed by atoms with van der Waals surface area (Å²) < 4.78 is 45.7. The van der Waals surface area contributed by atoms with Gasteiger partial charge in [0.2, 0.25) is 0 Å². The van der Waals surface area contributed by atoms with Gasteiger partial charge < -0.3 is 9.84 Å². The molecule has 1 amide bonds. The minimum Gasteiger partial charge on any atom is -0.507 e. The van der Waals surface area contributed by atoms with Crippen LogP contribution in [0.3, 0.4) is 0 Å². The number of aliphatic hydroxyl groups excluding tert-OH is 1. The zero-order valence-electron chi connectivity index (χ0n) is 19.3. The molecule has 0 bridgehead atoms. The highest BCUT2D eigenvalue weighted by atomic mass is 35.5. The van der Waals surface area contributed by atoms with E-state index in [1.807, 2.05) is 0 Å². The van der Waals surface area contributed by atoms with Gasteiger partial charge in [0, 0.05) is 11.3 Å². The number of rotatable bonds is 5. The molecule has 1 aliphatic heterocycles. The topological polar surface area (TPSA) is 66.8 Å². The molecule has 5 nitrogen and oxygen atoms in total. The number of carbonyl (C=O) groups is 2. The van der Waals surface area contributed by atoms with Gasteiger partial charge in [-0.15, -0.1) is 0 Å². The van der Waals surface area contributed by atoms with Crippen molar-refractivity contribution in [2.75, 3.05) is 11.5 Å². The second-order valence-electron chi connectivity index (χ2n) is 8.21. The SMILES string of the molecule is CCOc1cc(/C(O)=C2\C(=O)C(=O)N(c3cccc(C(F)(F)F)c3)C2c2cccc(C)c2)ccc1Cl. The van der Waals surface area contributed by atoms with Crippen LogP contribution in [0.2, 0.25) is 5.02 Å².